The minimum absolute atomic E-state index is 0.208. The molecule has 0 bridgehead atoms. The summed E-state index contributed by atoms with van der Waals surface area (Å²) in [5.41, 5.74) is -0.687. The van der Waals surface area contributed by atoms with E-state index < -0.39 is 5.60 Å². The molecule has 0 N–H and O–H groups in total. The van der Waals surface area contributed by atoms with Gasteiger partial charge in [0.2, 0.25) is 0 Å². The molecule has 1 fully saturated rings. The average Bonchev–Trinajstić information content (AvgIpc) is 2.97. The molecule has 0 amide bonds. The highest BCUT2D eigenvalue weighted by molar-refractivity contribution is 8.13. The molecule has 29 heavy (non-hydrogen) atoms. The van der Waals surface area contributed by atoms with Gasteiger partial charge in [-0.3, -0.25) is 4.79 Å². The highest BCUT2D eigenvalue weighted by Gasteiger charge is 2.46. The molecule has 172 valence electrons. The fourth-order valence-electron chi connectivity index (χ4n) is 4.48. The molecule has 0 aromatic rings. The van der Waals surface area contributed by atoms with Gasteiger partial charge in [-0.25, -0.2) is 9.78 Å². The van der Waals surface area contributed by atoms with Crippen molar-refractivity contribution in [1.82, 2.24) is 0 Å². The van der Waals surface area contributed by atoms with Crippen LogP contribution in [0.15, 0.2) is 0 Å². The number of rotatable bonds is 18. The lowest BCUT2D eigenvalue weighted by Gasteiger charge is -2.22. The van der Waals surface area contributed by atoms with Crippen LogP contribution in [0.1, 0.15) is 137 Å². The Bertz CT molecular complexity index is 428. The zero-order valence-electron chi connectivity index (χ0n) is 19.9. The van der Waals surface area contributed by atoms with Crippen LogP contribution in [0, 0.1) is 0 Å². The summed E-state index contributed by atoms with van der Waals surface area (Å²) >= 11 is 1.38. The molecule has 0 radical (unpaired) electrons. The first kappa shape index (κ1) is 27.0. The summed E-state index contributed by atoms with van der Waals surface area (Å²) in [4.78, 5) is 23.2. The lowest BCUT2D eigenvalue weighted by atomic mass is 9.85. The predicted octanol–water partition coefficient (Wildman–Crippen LogP) is 8.40. The van der Waals surface area contributed by atoms with Gasteiger partial charge in [-0.2, -0.15) is 0 Å². The third-order valence-electron chi connectivity index (χ3n) is 6.07. The minimum Gasteiger partial charge on any atom is -0.287 e. The second-order valence-corrected chi connectivity index (χ2v) is 10.9. The smallest absolute Gasteiger partial charge is 0.191 e. The molecule has 4 heteroatoms. The molecule has 2 atom stereocenters. The summed E-state index contributed by atoms with van der Waals surface area (Å²) < 4.78 is 0. The van der Waals surface area contributed by atoms with Gasteiger partial charge >= 0.3 is 0 Å². The number of hydrogen-bond acceptors (Lipinski definition) is 4. The normalized spacial score (nSPS) is 24.3. The van der Waals surface area contributed by atoms with E-state index in [4.69, 9.17) is 9.78 Å². The maximum absolute atomic E-state index is 11.9. The van der Waals surface area contributed by atoms with Crippen molar-refractivity contribution in [2.75, 3.05) is 5.75 Å². The van der Waals surface area contributed by atoms with E-state index in [1.807, 2.05) is 13.8 Å². The van der Waals surface area contributed by atoms with Crippen LogP contribution in [0.2, 0.25) is 0 Å². The average molecular weight is 429 g/mol. The summed E-state index contributed by atoms with van der Waals surface area (Å²) in [5, 5.41) is 0.208. The molecule has 0 aliphatic carbocycles. The van der Waals surface area contributed by atoms with E-state index in [0.29, 0.717) is 6.42 Å². The zero-order valence-corrected chi connectivity index (χ0v) is 20.7. The lowest BCUT2D eigenvalue weighted by Crippen LogP contribution is -2.30. The molecular weight excluding hydrogens is 380 g/mol. The Kier molecular flexibility index (Phi) is 14.6. The summed E-state index contributed by atoms with van der Waals surface area (Å²) in [6, 6.07) is 0. The maximum Gasteiger partial charge on any atom is 0.191 e. The zero-order chi connectivity index (χ0) is 21.4. The van der Waals surface area contributed by atoms with E-state index in [9.17, 15) is 4.79 Å². The van der Waals surface area contributed by atoms with Crippen molar-refractivity contribution < 1.29 is 14.6 Å². The van der Waals surface area contributed by atoms with Crippen LogP contribution in [0.4, 0.5) is 0 Å². The van der Waals surface area contributed by atoms with Gasteiger partial charge in [0, 0.05) is 12.8 Å². The Labute approximate surface area is 185 Å². The van der Waals surface area contributed by atoms with E-state index >= 15 is 0 Å². The molecule has 1 saturated heterocycles. The van der Waals surface area contributed by atoms with Crippen molar-refractivity contribution in [1.29, 1.82) is 0 Å². The van der Waals surface area contributed by atoms with Crippen molar-refractivity contribution in [3.8, 4) is 0 Å². The van der Waals surface area contributed by atoms with E-state index in [0.717, 1.165) is 18.6 Å². The van der Waals surface area contributed by atoms with Crippen molar-refractivity contribution in [2.24, 2.45) is 0 Å². The lowest BCUT2D eigenvalue weighted by molar-refractivity contribution is -0.344. The molecule has 0 saturated carbocycles. The van der Waals surface area contributed by atoms with Crippen molar-refractivity contribution in [3.05, 3.63) is 0 Å². The monoisotopic (exact) mass is 428 g/mol. The number of hydrogen-bond donors (Lipinski definition) is 0. The molecule has 1 heterocycles. The summed E-state index contributed by atoms with van der Waals surface area (Å²) in [6.45, 7) is 8.44. The van der Waals surface area contributed by atoms with Gasteiger partial charge in [0.1, 0.15) is 11.2 Å². The molecule has 1 rings (SSSR count). The Morgan fingerprint density at radius 2 is 1.17 bits per heavy atom. The third kappa shape index (κ3) is 13.1. The number of thioether (sulfide) groups is 1. The van der Waals surface area contributed by atoms with Gasteiger partial charge in [-0.15, -0.1) is 0 Å². The van der Waals surface area contributed by atoms with Crippen molar-refractivity contribution in [3.63, 3.8) is 0 Å². The highest BCUT2D eigenvalue weighted by atomic mass is 32.2. The topological polar surface area (TPSA) is 35.5 Å². The van der Waals surface area contributed by atoms with Crippen LogP contribution in [0.25, 0.3) is 0 Å². The Morgan fingerprint density at radius 3 is 1.66 bits per heavy atom. The minimum atomic E-state index is -0.454. The standard InChI is InChI=1S/C25H48O3S/c1-5-7-8-9-10-11-12-13-14-15-16-17-18-19-20-24(3)22-25(4,28-27-24)21-23(26)29-6-2/h5-22H2,1-4H3/t24-,25?/m1/s1. The molecule has 0 aromatic carbocycles. The maximum atomic E-state index is 11.9. The Morgan fingerprint density at radius 1 is 0.724 bits per heavy atom. The summed E-state index contributed by atoms with van der Waals surface area (Å²) in [5.74, 6) is 0.825. The van der Waals surface area contributed by atoms with E-state index in [2.05, 4.69) is 13.8 Å². The largest absolute Gasteiger partial charge is 0.287 e. The second-order valence-electron chi connectivity index (χ2n) is 9.57. The molecule has 0 spiro atoms. The number of carbonyl (C=O) groups excluding carboxylic acids is 1. The van der Waals surface area contributed by atoms with Gasteiger partial charge < -0.3 is 0 Å². The summed E-state index contributed by atoms with van der Waals surface area (Å²) in [7, 11) is 0. The van der Waals surface area contributed by atoms with Gasteiger partial charge in [0.25, 0.3) is 0 Å². The second kappa shape index (κ2) is 15.7. The Balaban J connectivity index is 1.96. The van der Waals surface area contributed by atoms with Crippen LogP contribution in [-0.2, 0) is 14.6 Å². The molecular formula is C25H48O3S. The number of carbonyl (C=O) groups is 1. The SMILES string of the molecule is CCCCCCCCCCCCCCCC[C@]1(C)CC(C)(CC(=O)SCC)OO1. The van der Waals surface area contributed by atoms with Crippen molar-refractivity contribution in [2.45, 2.75) is 148 Å². The Hall–Kier alpha value is -0.0600. The van der Waals surface area contributed by atoms with Crippen LogP contribution in [0.3, 0.4) is 0 Å². The van der Waals surface area contributed by atoms with Gasteiger partial charge in [-0.1, -0.05) is 116 Å². The molecule has 3 nitrogen and oxygen atoms in total. The molecule has 1 aliphatic heterocycles. The molecule has 0 aromatic heterocycles. The van der Waals surface area contributed by atoms with Gasteiger partial charge in [0.05, 0.1) is 0 Å². The predicted molar refractivity (Wildman–Crippen MR) is 126 cm³/mol. The van der Waals surface area contributed by atoms with Crippen LogP contribution >= 0.6 is 11.8 Å². The van der Waals surface area contributed by atoms with E-state index in [1.165, 1.54) is 102 Å². The van der Waals surface area contributed by atoms with E-state index in [-0.39, 0.29) is 10.7 Å². The first-order valence-electron chi connectivity index (χ1n) is 12.5. The number of unbranched alkanes of at least 4 members (excludes halogenated alkanes) is 13. The highest BCUT2D eigenvalue weighted by Crippen LogP contribution is 2.41. The molecule has 1 aliphatic rings. The first-order valence-corrected chi connectivity index (χ1v) is 13.4. The quantitative estimate of drug-likeness (QED) is 0.162. The van der Waals surface area contributed by atoms with Gasteiger partial charge in [-0.05, 0) is 26.0 Å². The first-order chi connectivity index (χ1) is 13.9. The van der Waals surface area contributed by atoms with E-state index in [1.54, 1.807) is 0 Å². The van der Waals surface area contributed by atoms with Crippen LogP contribution in [-0.4, -0.2) is 22.1 Å². The molecule has 1 unspecified atom stereocenters. The van der Waals surface area contributed by atoms with Crippen LogP contribution in [0.5, 0.6) is 0 Å². The fourth-order valence-corrected chi connectivity index (χ4v) is 5.21. The summed E-state index contributed by atoms with van der Waals surface area (Å²) in [6.07, 6.45) is 21.6. The fraction of sp³-hybridized carbons (Fsp3) is 0.960. The van der Waals surface area contributed by atoms with Crippen molar-refractivity contribution >= 4 is 16.9 Å². The van der Waals surface area contributed by atoms with Gasteiger partial charge in [0.15, 0.2) is 5.12 Å². The van der Waals surface area contributed by atoms with Crippen LogP contribution < -0.4 is 0 Å². The third-order valence-corrected chi connectivity index (χ3v) is 6.83.